The molecule has 1 fully saturated rings. The molecule has 1 heterocycles. The fraction of sp³-hybridized carbons (Fsp3) is 0.583. The minimum atomic E-state index is -1.05. The zero-order valence-electron chi connectivity index (χ0n) is 9.89. The Morgan fingerprint density at radius 2 is 2.29 bits per heavy atom. The predicted octanol–water partition coefficient (Wildman–Crippen LogP) is 2.17. The van der Waals surface area contributed by atoms with E-state index in [1.165, 1.54) is 25.2 Å². The highest BCUT2D eigenvalue weighted by Crippen LogP contribution is 2.30. The van der Waals surface area contributed by atoms with Gasteiger partial charge in [0.1, 0.15) is 5.82 Å². The maximum Gasteiger partial charge on any atom is 0.356 e. The van der Waals surface area contributed by atoms with E-state index in [-0.39, 0.29) is 5.69 Å². The average molecular weight is 235 g/mol. The van der Waals surface area contributed by atoms with Crippen LogP contribution in [-0.4, -0.2) is 27.1 Å². The highest BCUT2D eigenvalue weighted by atomic mass is 16.4. The summed E-state index contributed by atoms with van der Waals surface area (Å²) in [5, 5.41) is 12.1. The summed E-state index contributed by atoms with van der Waals surface area (Å²) in [6.07, 6.45) is 7.61. The maximum absolute atomic E-state index is 10.6. The molecule has 17 heavy (non-hydrogen) atoms. The lowest BCUT2D eigenvalue weighted by Crippen LogP contribution is -2.24. The third kappa shape index (κ3) is 2.72. The normalized spacial score (nSPS) is 23.6. The first-order valence-corrected chi connectivity index (χ1v) is 6.02. The Balaban J connectivity index is 2.01. The quantitative estimate of drug-likeness (QED) is 0.836. The van der Waals surface area contributed by atoms with Crippen LogP contribution in [0.2, 0.25) is 0 Å². The van der Waals surface area contributed by atoms with Crippen molar-refractivity contribution in [1.29, 1.82) is 0 Å². The van der Waals surface area contributed by atoms with E-state index in [4.69, 9.17) is 5.11 Å². The molecule has 0 saturated heterocycles. The standard InChI is InChI=1S/C12H17N3O2/c1-2-8-4-3-5-9(8)15-11-7-13-10(6-14-11)12(16)17/h6-9H,2-5H2,1H3,(H,14,15)(H,16,17). The zero-order chi connectivity index (χ0) is 12.3. The molecule has 2 N–H and O–H groups in total. The molecule has 1 aliphatic rings. The molecular weight excluding hydrogens is 218 g/mol. The van der Waals surface area contributed by atoms with Gasteiger partial charge in [-0.3, -0.25) is 0 Å². The van der Waals surface area contributed by atoms with Crippen molar-refractivity contribution in [3.63, 3.8) is 0 Å². The topological polar surface area (TPSA) is 75.1 Å². The van der Waals surface area contributed by atoms with E-state index in [0.717, 1.165) is 12.8 Å². The van der Waals surface area contributed by atoms with Gasteiger partial charge in [0, 0.05) is 6.04 Å². The number of hydrogen-bond acceptors (Lipinski definition) is 4. The van der Waals surface area contributed by atoms with Crippen LogP contribution >= 0.6 is 0 Å². The number of anilines is 1. The van der Waals surface area contributed by atoms with Gasteiger partial charge in [-0.25, -0.2) is 14.8 Å². The summed E-state index contributed by atoms with van der Waals surface area (Å²) in [6, 6.07) is 0.449. The molecule has 2 rings (SSSR count). The molecule has 0 aromatic carbocycles. The van der Waals surface area contributed by atoms with Crippen LogP contribution in [0.15, 0.2) is 12.4 Å². The van der Waals surface area contributed by atoms with Gasteiger partial charge in [-0.05, 0) is 18.8 Å². The maximum atomic E-state index is 10.6. The van der Waals surface area contributed by atoms with Crippen molar-refractivity contribution < 1.29 is 9.90 Å². The molecular formula is C12H17N3O2. The van der Waals surface area contributed by atoms with E-state index < -0.39 is 5.97 Å². The van der Waals surface area contributed by atoms with Crippen LogP contribution in [0.4, 0.5) is 5.82 Å². The molecule has 5 heteroatoms. The van der Waals surface area contributed by atoms with Crippen LogP contribution < -0.4 is 5.32 Å². The first kappa shape index (κ1) is 11.8. The molecule has 5 nitrogen and oxygen atoms in total. The molecule has 2 atom stereocenters. The molecule has 1 aromatic heterocycles. The van der Waals surface area contributed by atoms with Gasteiger partial charge in [-0.15, -0.1) is 0 Å². The van der Waals surface area contributed by atoms with Crippen molar-refractivity contribution in [3.8, 4) is 0 Å². The number of aromatic nitrogens is 2. The third-order valence-electron chi connectivity index (χ3n) is 3.39. The molecule has 0 amide bonds. The molecule has 0 spiro atoms. The van der Waals surface area contributed by atoms with Crippen LogP contribution in [-0.2, 0) is 0 Å². The van der Waals surface area contributed by atoms with Crippen molar-refractivity contribution in [2.75, 3.05) is 5.32 Å². The number of carboxylic acids is 1. The third-order valence-corrected chi connectivity index (χ3v) is 3.39. The van der Waals surface area contributed by atoms with Gasteiger partial charge in [0.25, 0.3) is 0 Å². The molecule has 2 unspecified atom stereocenters. The molecule has 0 bridgehead atoms. The monoisotopic (exact) mass is 235 g/mol. The van der Waals surface area contributed by atoms with Gasteiger partial charge in [-0.1, -0.05) is 19.8 Å². The number of nitrogens with zero attached hydrogens (tertiary/aromatic N) is 2. The molecule has 92 valence electrons. The van der Waals surface area contributed by atoms with Crippen LogP contribution in [0, 0.1) is 5.92 Å². The first-order chi connectivity index (χ1) is 8.20. The summed E-state index contributed by atoms with van der Waals surface area (Å²) in [4.78, 5) is 18.6. The fourth-order valence-corrected chi connectivity index (χ4v) is 2.42. The number of carbonyl (C=O) groups is 1. The van der Waals surface area contributed by atoms with Crippen LogP contribution in [0.25, 0.3) is 0 Å². The Labute approximate surface area is 100 Å². The summed E-state index contributed by atoms with van der Waals surface area (Å²) in [5.41, 5.74) is -0.0194. The van der Waals surface area contributed by atoms with E-state index in [1.54, 1.807) is 0 Å². The number of nitrogens with one attached hydrogen (secondary N) is 1. The predicted molar refractivity (Wildman–Crippen MR) is 64.0 cm³/mol. The van der Waals surface area contributed by atoms with Crippen LogP contribution in [0.1, 0.15) is 43.1 Å². The number of hydrogen-bond donors (Lipinski definition) is 2. The second-order valence-corrected chi connectivity index (χ2v) is 4.44. The summed E-state index contributed by atoms with van der Waals surface area (Å²) in [7, 11) is 0. The minimum absolute atomic E-state index is 0.0194. The van der Waals surface area contributed by atoms with Gasteiger partial charge in [-0.2, -0.15) is 0 Å². The molecule has 0 aliphatic heterocycles. The Morgan fingerprint density at radius 1 is 1.47 bits per heavy atom. The van der Waals surface area contributed by atoms with Gasteiger partial charge in [0.05, 0.1) is 12.4 Å². The fourth-order valence-electron chi connectivity index (χ4n) is 2.42. The number of aromatic carboxylic acids is 1. The average Bonchev–Trinajstić information content (AvgIpc) is 2.77. The van der Waals surface area contributed by atoms with Crippen molar-refractivity contribution in [1.82, 2.24) is 9.97 Å². The minimum Gasteiger partial charge on any atom is -0.476 e. The van der Waals surface area contributed by atoms with Crippen molar-refractivity contribution in [2.24, 2.45) is 5.92 Å². The van der Waals surface area contributed by atoms with Gasteiger partial charge < -0.3 is 10.4 Å². The molecule has 1 saturated carbocycles. The lowest BCUT2D eigenvalue weighted by Gasteiger charge is -2.19. The highest BCUT2D eigenvalue weighted by Gasteiger charge is 2.25. The lowest BCUT2D eigenvalue weighted by atomic mass is 10.0. The summed E-state index contributed by atoms with van der Waals surface area (Å²) in [5.74, 6) is 0.313. The Bertz CT molecular complexity index is 391. The zero-order valence-corrected chi connectivity index (χ0v) is 9.89. The Morgan fingerprint density at radius 3 is 2.88 bits per heavy atom. The molecule has 0 radical (unpaired) electrons. The van der Waals surface area contributed by atoms with E-state index in [1.807, 2.05) is 0 Å². The number of rotatable bonds is 4. The number of carboxylic acid groups (broad SMARTS) is 1. The molecule has 1 aromatic rings. The molecule has 1 aliphatic carbocycles. The summed E-state index contributed by atoms with van der Waals surface area (Å²) in [6.45, 7) is 2.20. The van der Waals surface area contributed by atoms with E-state index in [9.17, 15) is 4.79 Å². The SMILES string of the molecule is CCC1CCCC1Nc1cnc(C(=O)O)cn1. The second kappa shape index (κ2) is 5.12. The van der Waals surface area contributed by atoms with Gasteiger partial charge >= 0.3 is 5.97 Å². The van der Waals surface area contributed by atoms with Crippen molar-refractivity contribution >= 4 is 11.8 Å². The summed E-state index contributed by atoms with van der Waals surface area (Å²) < 4.78 is 0. The highest BCUT2D eigenvalue weighted by molar-refractivity contribution is 5.84. The largest absolute Gasteiger partial charge is 0.476 e. The van der Waals surface area contributed by atoms with Gasteiger partial charge in [0.2, 0.25) is 0 Å². The van der Waals surface area contributed by atoms with E-state index in [2.05, 4.69) is 22.2 Å². The second-order valence-electron chi connectivity index (χ2n) is 4.44. The van der Waals surface area contributed by atoms with E-state index in [0.29, 0.717) is 17.8 Å². The Hall–Kier alpha value is -1.65. The van der Waals surface area contributed by atoms with Crippen molar-refractivity contribution in [3.05, 3.63) is 18.1 Å². The summed E-state index contributed by atoms with van der Waals surface area (Å²) >= 11 is 0. The smallest absolute Gasteiger partial charge is 0.356 e. The van der Waals surface area contributed by atoms with Crippen LogP contribution in [0.3, 0.4) is 0 Å². The first-order valence-electron chi connectivity index (χ1n) is 6.02. The van der Waals surface area contributed by atoms with Crippen LogP contribution in [0.5, 0.6) is 0 Å². The lowest BCUT2D eigenvalue weighted by molar-refractivity contribution is 0.0690. The van der Waals surface area contributed by atoms with E-state index >= 15 is 0 Å². The van der Waals surface area contributed by atoms with Gasteiger partial charge in [0.15, 0.2) is 5.69 Å². The van der Waals surface area contributed by atoms with Crippen molar-refractivity contribution in [2.45, 2.75) is 38.6 Å². The Kier molecular flexibility index (Phi) is 3.56.